The van der Waals surface area contributed by atoms with Crippen molar-refractivity contribution in [1.82, 2.24) is 5.32 Å². The minimum absolute atomic E-state index is 0.0182. The highest BCUT2D eigenvalue weighted by atomic mass is 28.4. The summed E-state index contributed by atoms with van der Waals surface area (Å²) in [7, 11) is -1.99. The highest BCUT2D eigenvalue weighted by Gasteiger charge is 2.40. The van der Waals surface area contributed by atoms with Crippen molar-refractivity contribution in [2.75, 3.05) is 6.61 Å². The van der Waals surface area contributed by atoms with Crippen molar-refractivity contribution in [2.45, 2.75) is 71.0 Å². The third-order valence-corrected chi connectivity index (χ3v) is 9.29. The van der Waals surface area contributed by atoms with Gasteiger partial charge in [-0.15, -0.1) is 0 Å². The van der Waals surface area contributed by atoms with Crippen LogP contribution in [0.25, 0.3) is 0 Å². The quantitative estimate of drug-likeness (QED) is 0.680. The predicted molar refractivity (Wildman–Crippen MR) is 103 cm³/mol. The van der Waals surface area contributed by atoms with Crippen LogP contribution in [-0.2, 0) is 15.8 Å². The SMILES string of the molecule is C[C@H](NC(=O)OCc1ccccc1)C(CCO)O[Si](C)(C)C(C)(C)C. The van der Waals surface area contributed by atoms with Gasteiger partial charge in [-0.3, -0.25) is 0 Å². The van der Waals surface area contributed by atoms with Crippen LogP contribution in [0.3, 0.4) is 0 Å². The molecule has 0 aliphatic carbocycles. The van der Waals surface area contributed by atoms with Crippen molar-refractivity contribution >= 4 is 14.4 Å². The minimum Gasteiger partial charge on any atom is -0.445 e. The number of carbonyl (C=O) groups is 1. The molecular formula is C19H33NO4Si. The standard InChI is InChI=1S/C19H33NO4Si/c1-15(17(12-13-21)24-25(5,6)19(2,3)4)20-18(22)23-14-16-10-8-7-9-11-16/h7-11,15,17,21H,12-14H2,1-6H3,(H,20,22)/t15-,17?/m0/s1. The lowest BCUT2D eigenvalue weighted by atomic mass is 10.1. The number of aliphatic hydroxyl groups is 1. The largest absolute Gasteiger partial charge is 0.445 e. The molecular weight excluding hydrogens is 334 g/mol. The van der Waals surface area contributed by atoms with Crippen LogP contribution in [0.5, 0.6) is 0 Å². The number of hydrogen-bond donors (Lipinski definition) is 2. The predicted octanol–water partition coefficient (Wildman–Crippen LogP) is 4.07. The Labute approximate surface area is 152 Å². The van der Waals surface area contributed by atoms with Gasteiger partial charge in [0.05, 0.1) is 12.1 Å². The Morgan fingerprint density at radius 1 is 1.24 bits per heavy atom. The molecule has 1 unspecified atom stereocenters. The fourth-order valence-corrected chi connectivity index (χ4v) is 3.57. The van der Waals surface area contributed by atoms with Gasteiger partial charge in [0.1, 0.15) is 6.61 Å². The van der Waals surface area contributed by atoms with E-state index < -0.39 is 14.4 Å². The maximum Gasteiger partial charge on any atom is 0.407 e. The average molecular weight is 368 g/mol. The van der Waals surface area contributed by atoms with Crippen LogP contribution < -0.4 is 5.32 Å². The number of benzene rings is 1. The van der Waals surface area contributed by atoms with E-state index in [0.29, 0.717) is 6.42 Å². The topological polar surface area (TPSA) is 67.8 Å². The Balaban J connectivity index is 2.60. The summed E-state index contributed by atoms with van der Waals surface area (Å²) in [4.78, 5) is 12.1. The van der Waals surface area contributed by atoms with Gasteiger partial charge >= 0.3 is 6.09 Å². The molecule has 2 atom stereocenters. The smallest absolute Gasteiger partial charge is 0.407 e. The zero-order chi connectivity index (χ0) is 19.1. The molecule has 0 aliphatic heterocycles. The van der Waals surface area contributed by atoms with Gasteiger partial charge in [0, 0.05) is 6.61 Å². The molecule has 142 valence electrons. The summed E-state index contributed by atoms with van der Waals surface area (Å²) in [5.41, 5.74) is 0.940. The maximum atomic E-state index is 12.1. The fourth-order valence-electron chi connectivity index (χ4n) is 2.14. The molecule has 1 rings (SSSR count). The van der Waals surface area contributed by atoms with Crippen molar-refractivity contribution in [2.24, 2.45) is 0 Å². The molecule has 0 heterocycles. The molecule has 5 nitrogen and oxygen atoms in total. The number of hydrogen-bond acceptors (Lipinski definition) is 4. The van der Waals surface area contributed by atoms with Crippen molar-refractivity contribution in [3.05, 3.63) is 35.9 Å². The summed E-state index contributed by atoms with van der Waals surface area (Å²) in [5, 5.41) is 12.3. The number of aliphatic hydroxyl groups excluding tert-OH is 1. The van der Waals surface area contributed by atoms with Gasteiger partial charge in [-0.25, -0.2) is 4.79 Å². The molecule has 0 fully saturated rings. The lowest BCUT2D eigenvalue weighted by molar-refractivity contribution is 0.0940. The molecule has 0 saturated heterocycles. The third-order valence-electron chi connectivity index (χ3n) is 4.78. The number of nitrogens with one attached hydrogen (secondary N) is 1. The van der Waals surface area contributed by atoms with Gasteiger partial charge in [0.15, 0.2) is 8.32 Å². The normalized spacial score (nSPS) is 14.7. The minimum atomic E-state index is -1.99. The number of alkyl carbamates (subject to hydrolysis) is 1. The maximum absolute atomic E-state index is 12.1. The summed E-state index contributed by atoms with van der Waals surface area (Å²) in [5.74, 6) is 0. The number of amides is 1. The molecule has 1 aromatic carbocycles. The molecule has 0 aromatic heterocycles. The van der Waals surface area contributed by atoms with Gasteiger partial charge in [-0.2, -0.15) is 0 Å². The summed E-state index contributed by atoms with van der Waals surface area (Å²) >= 11 is 0. The number of rotatable bonds is 8. The van der Waals surface area contributed by atoms with E-state index in [9.17, 15) is 9.90 Å². The van der Waals surface area contributed by atoms with E-state index in [2.05, 4.69) is 39.2 Å². The van der Waals surface area contributed by atoms with Gasteiger partial charge in [-0.1, -0.05) is 51.1 Å². The molecule has 6 heteroatoms. The first-order chi connectivity index (χ1) is 11.6. The van der Waals surface area contributed by atoms with Crippen LogP contribution in [0, 0.1) is 0 Å². The highest BCUT2D eigenvalue weighted by molar-refractivity contribution is 6.74. The van der Waals surface area contributed by atoms with Gasteiger partial charge in [0.2, 0.25) is 0 Å². The fraction of sp³-hybridized carbons (Fsp3) is 0.632. The Hall–Kier alpha value is -1.37. The van der Waals surface area contributed by atoms with Gasteiger partial charge < -0.3 is 19.6 Å². The van der Waals surface area contributed by atoms with Crippen LogP contribution in [0.4, 0.5) is 4.79 Å². The molecule has 0 saturated carbocycles. The monoisotopic (exact) mass is 367 g/mol. The molecule has 0 bridgehead atoms. The Kier molecular flexibility index (Phi) is 8.11. The van der Waals surface area contributed by atoms with Crippen LogP contribution >= 0.6 is 0 Å². The number of ether oxygens (including phenoxy) is 1. The van der Waals surface area contributed by atoms with E-state index >= 15 is 0 Å². The van der Waals surface area contributed by atoms with E-state index in [-0.39, 0.29) is 30.4 Å². The lowest BCUT2D eigenvalue weighted by Gasteiger charge is -2.40. The highest BCUT2D eigenvalue weighted by Crippen LogP contribution is 2.37. The first-order valence-corrected chi connectivity index (χ1v) is 11.7. The Morgan fingerprint density at radius 3 is 2.36 bits per heavy atom. The van der Waals surface area contributed by atoms with Gasteiger partial charge in [0.25, 0.3) is 0 Å². The van der Waals surface area contributed by atoms with E-state index in [1.54, 1.807) is 0 Å². The Morgan fingerprint density at radius 2 is 1.84 bits per heavy atom. The van der Waals surface area contributed by atoms with Crippen LogP contribution in [-0.4, -0.2) is 38.3 Å². The summed E-state index contributed by atoms with van der Waals surface area (Å²) in [6, 6.07) is 9.30. The zero-order valence-corrected chi connectivity index (χ0v) is 17.3. The van der Waals surface area contributed by atoms with Crippen LogP contribution in [0.15, 0.2) is 30.3 Å². The Bertz CT molecular complexity index is 528. The van der Waals surface area contributed by atoms with E-state index in [1.807, 2.05) is 37.3 Å². The van der Waals surface area contributed by atoms with E-state index in [4.69, 9.17) is 9.16 Å². The molecule has 0 spiro atoms. The second-order valence-electron chi connectivity index (χ2n) is 7.92. The summed E-state index contributed by atoms with van der Waals surface area (Å²) in [6.45, 7) is 13.0. The van der Waals surface area contributed by atoms with Crippen LogP contribution in [0.2, 0.25) is 18.1 Å². The summed E-state index contributed by atoms with van der Waals surface area (Å²) < 4.78 is 11.6. The molecule has 0 aliphatic rings. The first kappa shape index (κ1) is 21.7. The summed E-state index contributed by atoms with van der Waals surface area (Å²) in [6.07, 6.45) is -0.236. The molecule has 1 amide bonds. The van der Waals surface area contributed by atoms with Gasteiger partial charge in [-0.05, 0) is 37.0 Å². The second kappa shape index (κ2) is 9.36. The van der Waals surface area contributed by atoms with Crippen molar-refractivity contribution in [3.63, 3.8) is 0 Å². The molecule has 0 radical (unpaired) electrons. The molecule has 1 aromatic rings. The van der Waals surface area contributed by atoms with Crippen molar-refractivity contribution in [1.29, 1.82) is 0 Å². The third kappa shape index (κ3) is 7.18. The zero-order valence-electron chi connectivity index (χ0n) is 16.3. The van der Waals surface area contributed by atoms with Crippen LogP contribution in [0.1, 0.15) is 39.7 Å². The molecule has 2 N–H and O–H groups in total. The average Bonchev–Trinajstić information content (AvgIpc) is 2.52. The lowest BCUT2D eigenvalue weighted by Crippen LogP contribution is -2.51. The molecule has 25 heavy (non-hydrogen) atoms. The van der Waals surface area contributed by atoms with E-state index in [1.165, 1.54) is 0 Å². The number of carbonyl (C=O) groups excluding carboxylic acids is 1. The first-order valence-electron chi connectivity index (χ1n) is 8.82. The van der Waals surface area contributed by atoms with E-state index in [0.717, 1.165) is 5.56 Å². The second-order valence-corrected chi connectivity index (χ2v) is 12.7. The van der Waals surface area contributed by atoms with Crippen molar-refractivity contribution in [3.8, 4) is 0 Å². The van der Waals surface area contributed by atoms with Crippen molar-refractivity contribution < 1.29 is 19.1 Å².